The first-order valence-electron chi connectivity index (χ1n) is 12.5. The van der Waals surface area contributed by atoms with Crippen LogP contribution in [0.3, 0.4) is 0 Å². The number of aromatic nitrogens is 4. The normalized spacial score (nSPS) is 13.9. The van der Waals surface area contributed by atoms with Crippen molar-refractivity contribution in [2.75, 3.05) is 0 Å². The summed E-state index contributed by atoms with van der Waals surface area (Å²) in [6, 6.07) is 29.8. The van der Waals surface area contributed by atoms with E-state index in [2.05, 4.69) is 39.8 Å². The molecule has 2 heterocycles. The van der Waals surface area contributed by atoms with E-state index in [1.807, 2.05) is 71.4 Å². The fourth-order valence-corrected chi connectivity index (χ4v) is 4.58. The van der Waals surface area contributed by atoms with Crippen molar-refractivity contribution >= 4 is 5.91 Å². The number of nitrogens with one attached hydrogen (secondary N) is 1. The van der Waals surface area contributed by atoms with Crippen LogP contribution in [0, 0.1) is 6.92 Å². The van der Waals surface area contributed by atoms with Crippen molar-refractivity contribution in [3.05, 3.63) is 119 Å². The molecule has 1 saturated carbocycles. The van der Waals surface area contributed by atoms with E-state index in [0.29, 0.717) is 35.4 Å². The van der Waals surface area contributed by atoms with Gasteiger partial charge in [-0.1, -0.05) is 66.7 Å². The maximum Gasteiger partial charge on any atom is 0.268 e. The number of hydrogen-bond donors (Lipinski definition) is 1. The van der Waals surface area contributed by atoms with Crippen molar-refractivity contribution < 1.29 is 9.21 Å². The Balaban J connectivity index is 1.29. The summed E-state index contributed by atoms with van der Waals surface area (Å²) in [6.45, 7) is 1.76. The van der Waals surface area contributed by atoms with Gasteiger partial charge in [0.05, 0.1) is 11.7 Å². The van der Waals surface area contributed by atoms with Gasteiger partial charge in [0, 0.05) is 24.1 Å². The molecule has 0 radical (unpaired) electrons. The highest BCUT2D eigenvalue weighted by atomic mass is 16.4. The molecule has 184 valence electrons. The van der Waals surface area contributed by atoms with Crippen molar-refractivity contribution in [2.45, 2.75) is 38.1 Å². The van der Waals surface area contributed by atoms with Gasteiger partial charge < -0.3 is 9.73 Å². The monoisotopic (exact) mass is 489 g/mol. The molecule has 0 saturated heterocycles. The molecule has 3 aromatic carbocycles. The van der Waals surface area contributed by atoms with Crippen LogP contribution in [0.4, 0.5) is 0 Å². The van der Waals surface area contributed by atoms with Gasteiger partial charge in [0.1, 0.15) is 5.69 Å². The predicted molar refractivity (Wildman–Crippen MR) is 140 cm³/mol. The third-order valence-corrected chi connectivity index (χ3v) is 6.62. The molecule has 5 aromatic rings. The van der Waals surface area contributed by atoms with Crippen molar-refractivity contribution in [1.82, 2.24) is 25.3 Å². The van der Waals surface area contributed by atoms with E-state index in [9.17, 15) is 4.79 Å². The Morgan fingerprint density at radius 3 is 2.43 bits per heavy atom. The second-order valence-electron chi connectivity index (χ2n) is 9.44. The average Bonchev–Trinajstić information content (AvgIpc) is 3.54. The molecule has 0 spiro atoms. The third-order valence-electron chi connectivity index (χ3n) is 6.62. The summed E-state index contributed by atoms with van der Waals surface area (Å²) >= 11 is 0. The summed E-state index contributed by atoms with van der Waals surface area (Å²) in [5, 5.41) is 16.1. The zero-order valence-electron chi connectivity index (χ0n) is 20.5. The number of benzene rings is 3. The molecule has 1 amide bonds. The molecular formula is C30H27N5O2. The van der Waals surface area contributed by atoms with Gasteiger partial charge in [-0.05, 0) is 54.7 Å². The Morgan fingerprint density at radius 1 is 0.973 bits per heavy atom. The minimum Gasteiger partial charge on any atom is -0.420 e. The standard InChI is InChI=1S/C30H27N5O2/c1-20-32-33-30(37-20)27-19-28(23-15-16-23)35(34-27)25-14-8-13-24(18-25)29(36)31-26(22-11-6-3-7-12-22)17-21-9-4-2-5-10-21/h2-14,18-19,23,26H,15-17H2,1H3,(H,31,36). The van der Waals surface area contributed by atoms with E-state index < -0.39 is 0 Å². The highest BCUT2D eigenvalue weighted by Crippen LogP contribution is 2.42. The molecule has 1 fully saturated rings. The van der Waals surface area contributed by atoms with Gasteiger partial charge >= 0.3 is 0 Å². The molecule has 37 heavy (non-hydrogen) atoms. The Labute approximate surface area is 215 Å². The summed E-state index contributed by atoms with van der Waals surface area (Å²) in [5.74, 6) is 1.22. The van der Waals surface area contributed by atoms with Gasteiger partial charge in [-0.3, -0.25) is 4.79 Å². The van der Waals surface area contributed by atoms with E-state index in [0.717, 1.165) is 29.8 Å². The topological polar surface area (TPSA) is 85.8 Å². The molecular weight excluding hydrogens is 462 g/mol. The first-order valence-corrected chi connectivity index (χ1v) is 12.5. The van der Waals surface area contributed by atoms with E-state index >= 15 is 0 Å². The lowest BCUT2D eigenvalue weighted by molar-refractivity contribution is 0.0936. The van der Waals surface area contributed by atoms with Crippen LogP contribution in [0.5, 0.6) is 0 Å². The number of rotatable bonds is 8. The van der Waals surface area contributed by atoms with Gasteiger partial charge in [0.15, 0.2) is 0 Å². The highest BCUT2D eigenvalue weighted by molar-refractivity contribution is 5.95. The molecule has 1 aliphatic rings. The van der Waals surface area contributed by atoms with Gasteiger partial charge in [-0.25, -0.2) is 4.68 Å². The summed E-state index contributed by atoms with van der Waals surface area (Å²) in [4.78, 5) is 13.5. The molecule has 1 N–H and O–H groups in total. The Morgan fingerprint density at radius 2 is 1.73 bits per heavy atom. The van der Waals surface area contributed by atoms with Crippen LogP contribution >= 0.6 is 0 Å². The summed E-state index contributed by atoms with van der Waals surface area (Å²) in [5.41, 5.74) is 5.38. The van der Waals surface area contributed by atoms with E-state index in [1.165, 1.54) is 5.56 Å². The molecule has 1 aliphatic carbocycles. The van der Waals surface area contributed by atoms with Crippen molar-refractivity contribution in [2.24, 2.45) is 0 Å². The molecule has 7 heteroatoms. The number of amides is 1. The fraction of sp³-hybridized carbons (Fsp3) is 0.200. The lowest BCUT2D eigenvalue weighted by Gasteiger charge is -2.20. The Bertz CT molecular complexity index is 1520. The van der Waals surface area contributed by atoms with Crippen LogP contribution in [0.1, 0.15) is 57.9 Å². The van der Waals surface area contributed by atoms with Crippen LogP contribution in [-0.2, 0) is 6.42 Å². The van der Waals surface area contributed by atoms with Crippen molar-refractivity contribution in [3.63, 3.8) is 0 Å². The molecule has 1 atom stereocenters. The quantitative estimate of drug-likeness (QED) is 0.297. The Kier molecular flexibility index (Phi) is 6.10. The van der Waals surface area contributed by atoms with Crippen LogP contribution in [-0.4, -0.2) is 25.9 Å². The largest absolute Gasteiger partial charge is 0.420 e. The van der Waals surface area contributed by atoms with Gasteiger partial charge in [-0.2, -0.15) is 5.10 Å². The molecule has 0 aliphatic heterocycles. The highest BCUT2D eigenvalue weighted by Gasteiger charge is 2.30. The van der Waals surface area contributed by atoms with Gasteiger partial charge in [0.25, 0.3) is 11.8 Å². The summed E-state index contributed by atoms with van der Waals surface area (Å²) < 4.78 is 7.51. The molecule has 2 aromatic heterocycles. The predicted octanol–water partition coefficient (Wildman–Crippen LogP) is 5.82. The van der Waals surface area contributed by atoms with Crippen LogP contribution < -0.4 is 5.32 Å². The number of hydrogen-bond acceptors (Lipinski definition) is 5. The van der Waals surface area contributed by atoms with Gasteiger partial charge in [0.2, 0.25) is 5.89 Å². The van der Waals surface area contributed by atoms with E-state index in [-0.39, 0.29) is 11.9 Å². The molecule has 0 bridgehead atoms. The number of carbonyl (C=O) groups excluding carboxylic acids is 1. The van der Waals surface area contributed by atoms with E-state index in [1.54, 1.807) is 6.92 Å². The third kappa shape index (κ3) is 5.07. The van der Waals surface area contributed by atoms with Crippen molar-refractivity contribution in [1.29, 1.82) is 0 Å². The lowest BCUT2D eigenvalue weighted by atomic mass is 9.98. The second-order valence-corrected chi connectivity index (χ2v) is 9.44. The number of nitrogens with zero attached hydrogens (tertiary/aromatic N) is 4. The maximum atomic E-state index is 13.5. The minimum atomic E-state index is -0.154. The number of carbonyl (C=O) groups is 1. The molecule has 7 nitrogen and oxygen atoms in total. The smallest absolute Gasteiger partial charge is 0.268 e. The number of aryl methyl sites for hydroxylation is 1. The van der Waals surface area contributed by atoms with Gasteiger partial charge in [-0.15, -0.1) is 10.2 Å². The molecule has 1 unspecified atom stereocenters. The zero-order chi connectivity index (χ0) is 25.2. The average molecular weight is 490 g/mol. The summed E-state index contributed by atoms with van der Waals surface area (Å²) in [7, 11) is 0. The first-order chi connectivity index (χ1) is 18.1. The van der Waals surface area contributed by atoms with Crippen LogP contribution in [0.25, 0.3) is 17.3 Å². The zero-order valence-corrected chi connectivity index (χ0v) is 20.5. The Hall–Kier alpha value is -4.52. The van der Waals surface area contributed by atoms with Crippen LogP contribution in [0.15, 0.2) is 95.4 Å². The fourth-order valence-electron chi connectivity index (χ4n) is 4.58. The minimum absolute atomic E-state index is 0.125. The maximum absolute atomic E-state index is 13.5. The van der Waals surface area contributed by atoms with Crippen LogP contribution in [0.2, 0.25) is 0 Å². The van der Waals surface area contributed by atoms with Crippen molar-refractivity contribution in [3.8, 4) is 17.3 Å². The molecule has 6 rings (SSSR count). The van der Waals surface area contributed by atoms with E-state index in [4.69, 9.17) is 9.52 Å². The summed E-state index contributed by atoms with van der Waals surface area (Å²) in [6.07, 6.45) is 2.94. The SMILES string of the molecule is Cc1nnc(-c2cc(C3CC3)n(-c3cccc(C(=O)NC(Cc4ccccc4)c4ccccc4)c3)n2)o1. The lowest BCUT2D eigenvalue weighted by Crippen LogP contribution is -2.30. The first kappa shape index (κ1) is 22.9. The second kappa shape index (κ2) is 9.85.